The molecule has 0 atom stereocenters. The summed E-state index contributed by atoms with van der Waals surface area (Å²) >= 11 is 0. The minimum atomic E-state index is -4.25. The van der Waals surface area contributed by atoms with Crippen LogP contribution in [0.5, 0.6) is 6.01 Å². The molecular formula is C17H20N6O5S. The highest BCUT2D eigenvalue weighted by Crippen LogP contribution is 2.15. The summed E-state index contributed by atoms with van der Waals surface area (Å²) in [4.78, 5) is 23.6. The van der Waals surface area contributed by atoms with Gasteiger partial charge >= 0.3 is 22.3 Å². The third-order valence-electron chi connectivity index (χ3n) is 3.13. The van der Waals surface area contributed by atoms with E-state index in [1.807, 2.05) is 11.6 Å². The average molecular weight is 420 g/mol. The van der Waals surface area contributed by atoms with E-state index in [9.17, 15) is 13.2 Å². The molecule has 0 unspecified atom stereocenters. The first-order valence-electron chi connectivity index (χ1n) is 8.37. The minimum absolute atomic E-state index is 0.0201. The van der Waals surface area contributed by atoms with Crippen molar-refractivity contribution in [2.75, 3.05) is 30.4 Å². The Bertz CT molecular complexity index is 1030. The van der Waals surface area contributed by atoms with Crippen LogP contribution in [0.4, 0.5) is 16.4 Å². The number of nitrogens with zero attached hydrogens (tertiary/aromatic N) is 3. The van der Waals surface area contributed by atoms with Crippen LogP contribution in [-0.2, 0) is 14.9 Å². The van der Waals surface area contributed by atoms with Crippen LogP contribution in [0.2, 0.25) is 0 Å². The summed E-state index contributed by atoms with van der Waals surface area (Å²) in [6.45, 7) is 4.14. The first-order chi connectivity index (χ1) is 13.8. The maximum atomic E-state index is 12.3. The zero-order chi connectivity index (χ0) is 21.3. The number of urea groups is 1. The third-order valence-corrected chi connectivity index (χ3v) is 4.08. The van der Waals surface area contributed by atoms with Gasteiger partial charge in [0.15, 0.2) is 0 Å². The van der Waals surface area contributed by atoms with Crippen LogP contribution >= 0.6 is 0 Å². The maximum Gasteiger partial charge on any atom is 0.336 e. The van der Waals surface area contributed by atoms with Crippen molar-refractivity contribution in [1.29, 1.82) is 0 Å². The maximum absolute atomic E-state index is 12.3. The number of amides is 2. The predicted octanol–water partition coefficient (Wildman–Crippen LogP) is 1.06. The molecule has 1 aromatic heterocycles. The number of methoxy groups -OCH3 is 1. The zero-order valence-corrected chi connectivity index (χ0v) is 16.8. The van der Waals surface area contributed by atoms with E-state index in [1.54, 1.807) is 25.1 Å². The molecule has 0 saturated heterocycles. The second-order valence-corrected chi connectivity index (χ2v) is 6.75. The SMILES string of the molecule is CCOCC#Cc1ccccc1NS(=O)(=O)NC(=O)Nc1nc(C)nc(OC)n1. The van der Waals surface area contributed by atoms with Gasteiger partial charge in [0, 0.05) is 12.2 Å². The molecule has 154 valence electrons. The Hall–Kier alpha value is -3.43. The zero-order valence-electron chi connectivity index (χ0n) is 16.0. The molecule has 0 aliphatic rings. The third kappa shape index (κ3) is 7.24. The van der Waals surface area contributed by atoms with Crippen LogP contribution in [-0.4, -0.2) is 49.7 Å². The Morgan fingerprint density at radius 2 is 1.97 bits per heavy atom. The average Bonchev–Trinajstić information content (AvgIpc) is 2.65. The number of aromatic nitrogens is 3. The van der Waals surface area contributed by atoms with Crippen molar-refractivity contribution in [3.05, 3.63) is 35.7 Å². The number of hydrogen-bond donors (Lipinski definition) is 3. The Morgan fingerprint density at radius 1 is 1.21 bits per heavy atom. The Morgan fingerprint density at radius 3 is 2.69 bits per heavy atom. The molecule has 0 radical (unpaired) electrons. The number of rotatable bonds is 7. The topological polar surface area (TPSA) is 144 Å². The summed E-state index contributed by atoms with van der Waals surface area (Å²) in [5.41, 5.74) is 0.630. The van der Waals surface area contributed by atoms with Gasteiger partial charge in [-0.1, -0.05) is 24.0 Å². The van der Waals surface area contributed by atoms with Crippen LogP contribution in [0.15, 0.2) is 24.3 Å². The van der Waals surface area contributed by atoms with Crippen molar-refractivity contribution >= 4 is 27.9 Å². The normalized spacial score (nSPS) is 10.4. The van der Waals surface area contributed by atoms with Crippen molar-refractivity contribution in [3.8, 4) is 17.9 Å². The van der Waals surface area contributed by atoms with E-state index < -0.39 is 16.2 Å². The summed E-state index contributed by atoms with van der Waals surface area (Å²) in [5.74, 6) is 5.71. The lowest BCUT2D eigenvalue weighted by atomic mass is 10.2. The number of carbonyl (C=O) groups excluding carboxylic acids is 1. The molecule has 12 heteroatoms. The van der Waals surface area contributed by atoms with Gasteiger partial charge < -0.3 is 9.47 Å². The molecule has 29 heavy (non-hydrogen) atoms. The lowest BCUT2D eigenvalue weighted by Gasteiger charge is -2.11. The summed E-state index contributed by atoms with van der Waals surface area (Å²) in [6.07, 6.45) is 0. The van der Waals surface area contributed by atoms with E-state index in [0.29, 0.717) is 12.2 Å². The highest BCUT2D eigenvalue weighted by Gasteiger charge is 2.17. The number of para-hydroxylation sites is 1. The first-order valence-corrected chi connectivity index (χ1v) is 9.85. The van der Waals surface area contributed by atoms with Gasteiger partial charge in [-0.2, -0.15) is 23.4 Å². The molecule has 0 spiro atoms. The van der Waals surface area contributed by atoms with Gasteiger partial charge in [0.25, 0.3) is 0 Å². The standard InChI is InChI=1S/C17H20N6O5S/c1-4-28-11-7-9-13-8-5-6-10-14(13)22-29(25,26)23-16(24)20-15-18-12(2)19-17(21-15)27-3/h5-6,8,10,22H,4,11H2,1-3H3,(H2,18,19,20,21,23,24). The molecule has 0 aliphatic heterocycles. The largest absolute Gasteiger partial charge is 0.467 e. The van der Waals surface area contributed by atoms with Crippen LogP contribution in [0, 0.1) is 18.8 Å². The van der Waals surface area contributed by atoms with Gasteiger partial charge in [0.2, 0.25) is 5.95 Å². The number of aryl methyl sites for hydroxylation is 1. The quantitative estimate of drug-likeness (QED) is 0.445. The van der Waals surface area contributed by atoms with Crippen LogP contribution in [0.3, 0.4) is 0 Å². The molecule has 1 aromatic carbocycles. The summed E-state index contributed by atoms with van der Waals surface area (Å²) in [6, 6.07) is 5.40. The highest BCUT2D eigenvalue weighted by molar-refractivity contribution is 7.91. The Balaban J connectivity index is 2.07. The van der Waals surface area contributed by atoms with Crippen molar-refractivity contribution in [1.82, 2.24) is 19.7 Å². The molecule has 3 N–H and O–H groups in total. The first kappa shape index (κ1) is 21.9. The molecule has 1 heterocycles. The number of anilines is 2. The predicted molar refractivity (Wildman–Crippen MR) is 106 cm³/mol. The molecule has 0 saturated carbocycles. The van der Waals surface area contributed by atoms with E-state index >= 15 is 0 Å². The molecular weight excluding hydrogens is 400 g/mol. The fraction of sp³-hybridized carbons (Fsp3) is 0.294. The fourth-order valence-electron chi connectivity index (χ4n) is 1.99. The van der Waals surface area contributed by atoms with Crippen molar-refractivity contribution in [2.24, 2.45) is 0 Å². The van der Waals surface area contributed by atoms with E-state index in [-0.39, 0.29) is 30.1 Å². The molecule has 0 aliphatic carbocycles. The van der Waals surface area contributed by atoms with E-state index in [2.05, 4.69) is 36.8 Å². The second kappa shape index (κ2) is 10.2. The fourth-order valence-corrected chi connectivity index (χ4v) is 2.80. The Kier molecular flexibility index (Phi) is 7.70. The highest BCUT2D eigenvalue weighted by atomic mass is 32.2. The number of nitrogens with one attached hydrogen (secondary N) is 3. The van der Waals surface area contributed by atoms with E-state index in [0.717, 1.165) is 0 Å². The van der Waals surface area contributed by atoms with Crippen molar-refractivity contribution in [2.45, 2.75) is 13.8 Å². The lowest BCUT2D eigenvalue weighted by Crippen LogP contribution is -2.38. The monoisotopic (exact) mass is 420 g/mol. The van der Waals surface area contributed by atoms with E-state index in [1.165, 1.54) is 13.2 Å². The lowest BCUT2D eigenvalue weighted by molar-refractivity contribution is 0.182. The molecule has 2 aromatic rings. The van der Waals surface area contributed by atoms with Gasteiger partial charge in [-0.25, -0.2) is 9.52 Å². The molecule has 2 amide bonds. The number of hydrogen-bond acceptors (Lipinski definition) is 8. The summed E-state index contributed by atoms with van der Waals surface area (Å²) in [7, 11) is -2.90. The van der Waals surface area contributed by atoms with Gasteiger partial charge in [-0.3, -0.25) is 10.0 Å². The van der Waals surface area contributed by atoms with Gasteiger partial charge in [0.1, 0.15) is 12.4 Å². The van der Waals surface area contributed by atoms with Gasteiger partial charge in [0.05, 0.1) is 12.8 Å². The second-order valence-electron chi connectivity index (χ2n) is 5.34. The molecule has 11 nitrogen and oxygen atoms in total. The Labute approximate surface area is 168 Å². The summed E-state index contributed by atoms with van der Waals surface area (Å²) in [5, 5.41) is 2.21. The number of carbonyl (C=O) groups is 1. The number of ether oxygens (including phenoxy) is 2. The minimum Gasteiger partial charge on any atom is -0.467 e. The van der Waals surface area contributed by atoms with Gasteiger partial charge in [-0.15, -0.1) is 0 Å². The van der Waals surface area contributed by atoms with E-state index in [4.69, 9.17) is 9.47 Å². The summed E-state index contributed by atoms with van der Waals surface area (Å²) < 4.78 is 38.6. The van der Waals surface area contributed by atoms with Crippen molar-refractivity contribution < 1.29 is 22.7 Å². The van der Waals surface area contributed by atoms with Crippen LogP contribution < -0.4 is 19.5 Å². The van der Waals surface area contributed by atoms with Crippen LogP contribution in [0.1, 0.15) is 18.3 Å². The molecule has 2 rings (SSSR count). The molecule has 0 bridgehead atoms. The van der Waals surface area contributed by atoms with Gasteiger partial charge in [-0.05, 0) is 26.0 Å². The van der Waals surface area contributed by atoms with Crippen LogP contribution in [0.25, 0.3) is 0 Å². The number of benzene rings is 1. The van der Waals surface area contributed by atoms with Crippen molar-refractivity contribution in [3.63, 3.8) is 0 Å². The molecule has 0 fully saturated rings. The smallest absolute Gasteiger partial charge is 0.336 e.